The lowest BCUT2D eigenvalue weighted by Crippen LogP contribution is -2.38. The number of carbonyl (C=O) groups is 1. The Balaban J connectivity index is 4.37. The summed E-state index contributed by atoms with van der Waals surface area (Å²) < 4.78 is 0. The number of aliphatic carboxylic acids is 1. The summed E-state index contributed by atoms with van der Waals surface area (Å²) in [7, 11) is 0. The van der Waals surface area contributed by atoms with Crippen LogP contribution in [0.1, 0.15) is 112 Å². The van der Waals surface area contributed by atoms with Crippen molar-refractivity contribution >= 4 is 5.97 Å². The van der Waals surface area contributed by atoms with Crippen LogP contribution in [0.15, 0.2) is 0 Å². The molecule has 0 amide bonds. The first-order valence-electron chi connectivity index (χ1n) is 10.5. The van der Waals surface area contributed by atoms with E-state index in [2.05, 4.69) is 34.6 Å². The van der Waals surface area contributed by atoms with E-state index in [-0.39, 0.29) is 5.92 Å². The molecule has 144 valence electrons. The van der Waals surface area contributed by atoms with Crippen LogP contribution in [-0.4, -0.2) is 11.1 Å². The van der Waals surface area contributed by atoms with Crippen molar-refractivity contribution in [1.82, 2.24) is 0 Å². The zero-order valence-corrected chi connectivity index (χ0v) is 17.4. The van der Waals surface area contributed by atoms with E-state index in [1.54, 1.807) is 0 Å². The molecule has 2 heteroatoms. The van der Waals surface area contributed by atoms with Gasteiger partial charge in [-0.2, -0.15) is 0 Å². The van der Waals surface area contributed by atoms with Gasteiger partial charge >= 0.3 is 5.97 Å². The standard InChI is InChI=1S/C22H44O2/c1-7-9-10-11-12-13-14-15-16-20(18(3)4)17-22(8-2,19(5)6)21(23)24/h18-20H,7-17H2,1-6H3,(H,23,24). The maximum atomic E-state index is 12.0. The van der Waals surface area contributed by atoms with Crippen LogP contribution >= 0.6 is 0 Å². The minimum Gasteiger partial charge on any atom is -0.481 e. The van der Waals surface area contributed by atoms with Gasteiger partial charge in [-0.15, -0.1) is 0 Å². The topological polar surface area (TPSA) is 37.3 Å². The van der Waals surface area contributed by atoms with Gasteiger partial charge in [-0.1, -0.05) is 99.3 Å². The number of carboxylic acid groups (broad SMARTS) is 1. The molecule has 0 aromatic carbocycles. The summed E-state index contributed by atoms with van der Waals surface area (Å²) in [5.41, 5.74) is -0.547. The smallest absolute Gasteiger partial charge is 0.309 e. The van der Waals surface area contributed by atoms with Crippen molar-refractivity contribution in [2.75, 3.05) is 0 Å². The molecule has 2 nitrogen and oxygen atoms in total. The zero-order valence-electron chi connectivity index (χ0n) is 17.4. The molecule has 0 aliphatic carbocycles. The van der Waals surface area contributed by atoms with E-state index >= 15 is 0 Å². The molecule has 0 heterocycles. The Morgan fingerprint density at radius 3 is 1.75 bits per heavy atom. The van der Waals surface area contributed by atoms with Crippen molar-refractivity contribution in [1.29, 1.82) is 0 Å². The Morgan fingerprint density at radius 1 is 0.875 bits per heavy atom. The van der Waals surface area contributed by atoms with Crippen LogP contribution in [0.5, 0.6) is 0 Å². The number of hydrogen-bond donors (Lipinski definition) is 1. The average Bonchev–Trinajstić information content (AvgIpc) is 2.52. The molecule has 0 rings (SSSR count). The largest absolute Gasteiger partial charge is 0.481 e. The number of unbranched alkanes of at least 4 members (excludes halogenated alkanes) is 7. The van der Waals surface area contributed by atoms with Crippen molar-refractivity contribution in [2.45, 2.75) is 112 Å². The van der Waals surface area contributed by atoms with Crippen LogP contribution in [0.3, 0.4) is 0 Å². The predicted molar refractivity (Wildman–Crippen MR) is 105 cm³/mol. The van der Waals surface area contributed by atoms with Gasteiger partial charge in [0.2, 0.25) is 0 Å². The third-order valence-corrected chi connectivity index (χ3v) is 6.16. The van der Waals surface area contributed by atoms with Gasteiger partial charge in [0.05, 0.1) is 5.41 Å². The summed E-state index contributed by atoms with van der Waals surface area (Å²) in [6, 6.07) is 0. The quantitative estimate of drug-likeness (QED) is 0.317. The van der Waals surface area contributed by atoms with Gasteiger partial charge in [0.15, 0.2) is 0 Å². The molecule has 0 aromatic heterocycles. The molecule has 0 aromatic rings. The highest BCUT2D eigenvalue weighted by Gasteiger charge is 2.42. The van der Waals surface area contributed by atoms with Gasteiger partial charge in [0.25, 0.3) is 0 Å². The average molecular weight is 341 g/mol. The van der Waals surface area contributed by atoms with Gasteiger partial charge in [0.1, 0.15) is 0 Å². The Hall–Kier alpha value is -0.530. The Kier molecular flexibility index (Phi) is 12.5. The highest BCUT2D eigenvalue weighted by atomic mass is 16.4. The molecule has 2 unspecified atom stereocenters. The molecule has 0 aliphatic rings. The molecule has 0 saturated carbocycles. The van der Waals surface area contributed by atoms with Gasteiger partial charge in [-0.25, -0.2) is 0 Å². The molecule has 24 heavy (non-hydrogen) atoms. The monoisotopic (exact) mass is 340 g/mol. The minimum atomic E-state index is -0.596. The van der Waals surface area contributed by atoms with E-state index < -0.39 is 11.4 Å². The second-order valence-electron chi connectivity index (χ2n) is 8.44. The van der Waals surface area contributed by atoms with Gasteiger partial charge in [-0.05, 0) is 30.6 Å². The van der Waals surface area contributed by atoms with Crippen molar-refractivity contribution in [3.8, 4) is 0 Å². The molecule has 0 radical (unpaired) electrons. The SMILES string of the molecule is CCCCCCCCCCC(CC(CC)(C(=O)O)C(C)C)C(C)C. The van der Waals surface area contributed by atoms with E-state index in [0.717, 1.165) is 12.8 Å². The molecule has 0 saturated heterocycles. The van der Waals surface area contributed by atoms with Crippen molar-refractivity contribution in [2.24, 2.45) is 23.2 Å². The number of hydrogen-bond acceptors (Lipinski definition) is 1. The van der Waals surface area contributed by atoms with Gasteiger partial charge in [0, 0.05) is 0 Å². The first-order valence-corrected chi connectivity index (χ1v) is 10.5. The van der Waals surface area contributed by atoms with Crippen LogP contribution in [0, 0.1) is 23.2 Å². The molecule has 0 bridgehead atoms. The summed E-state index contributed by atoms with van der Waals surface area (Å²) in [6.45, 7) is 13.0. The first-order chi connectivity index (χ1) is 11.3. The van der Waals surface area contributed by atoms with Crippen LogP contribution in [0.2, 0.25) is 0 Å². The summed E-state index contributed by atoms with van der Waals surface area (Å²) >= 11 is 0. The van der Waals surface area contributed by atoms with Crippen LogP contribution < -0.4 is 0 Å². The van der Waals surface area contributed by atoms with E-state index in [1.165, 1.54) is 57.8 Å². The summed E-state index contributed by atoms with van der Waals surface area (Å²) in [5, 5.41) is 9.84. The lowest BCUT2D eigenvalue weighted by molar-refractivity contribution is -0.154. The second-order valence-corrected chi connectivity index (χ2v) is 8.44. The normalized spacial score (nSPS) is 15.7. The Labute approximate surface area is 151 Å². The fourth-order valence-electron chi connectivity index (χ4n) is 3.95. The molecule has 1 N–H and O–H groups in total. The lowest BCUT2D eigenvalue weighted by atomic mass is 9.66. The van der Waals surface area contributed by atoms with Crippen molar-refractivity contribution < 1.29 is 9.90 Å². The third kappa shape index (κ3) is 8.03. The van der Waals surface area contributed by atoms with Crippen LogP contribution in [0.25, 0.3) is 0 Å². The van der Waals surface area contributed by atoms with Gasteiger partial charge < -0.3 is 5.11 Å². The number of carboxylic acids is 1. The predicted octanol–water partition coefficient (Wildman–Crippen LogP) is 7.32. The van der Waals surface area contributed by atoms with Crippen molar-refractivity contribution in [3.63, 3.8) is 0 Å². The summed E-state index contributed by atoms with van der Waals surface area (Å²) in [5.74, 6) is 0.698. The van der Waals surface area contributed by atoms with E-state index in [0.29, 0.717) is 11.8 Å². The molecule has 2 atom stereocenters. The number of rotatable bonds is 15. The van der Waals surface area contributed by atoms with Crippen LogP contribution in [-0.2, 0) is 4.79 Å². The van der Waals surface area contributed by atoms with E-state index in [4.69, 9.17) is 0 Å². The van der Waals surface area contributed by atoms with Crippen molar-refractivity contribution in [3.05, 3.63) is 0 Å². The highest BCUT2D eigenvalue weighted by Crippen LogP contribution is 2.41. The maximum absolute atomic E-state index is 12.0. The molecule has 0 fully saturated rings. The molecular formula is C22H44O2. The highest BCUT2D eigenvalue weighted by molar-refractivity contribution is 5.74. The molecule has 0 spiro atoms. The zero-order chi connectivity index (χ0) is 18.6. The summed E-state index contributed by atoms with van der Waals surface area (Å²) in [6.07, 6.45) is 13.5. The van der Waals surface area contributed by atoms with Gasteiger partial charge in [-0.3, -0.25) is 4.79 Å². The lowest BCUT2D eigenvalue weighted by Gasteiger charge is -2.37. The molecule has 0 aliphatic heterocycles. The Morgan fingerprint density at radius 2 is 1.38 bits per heavy atom. The van der Waals surface area contributed by atoms with Crippen LogP contribution in [0.4, 0.5) is 0 Å². The maximum Gasteiger partial charge on any atom is 0.309 e. The second kappa shape index (κ2) is 12.8. The first kappa shape index (κ1) is 23.5. The molecular weight excluding hydrogens is 296 g/mol. The fraction of sp³-hybridized carbons (Fsp3) is 0.955. The summed E-state index contributed by atoms with van der Waals surface area (Å²) in [4.78, 5) is 12.0. The van der Waals surface area contributed by atoms with E-state index in [1.807, 2.05) is 6.92 Å². The Bertz CT molecular complexity index is 322. The third-order valence-electron chi connectivity index (χ3n) is 6.16. The fourth-order valence-corrected chi connectivity index (χ4v) is 3.95. The van der Waals surface area contributed by atoms with E-state index in [9.17, 15) is 9.90 Å². The minimum absolute atomic E-state index is 0.194.